The summed E-state index contributed by atoms with van der Waals surface area (Å²) in [4.78, 5) is 10.1. The number of carbonyl (C=O) groups is 1. The lowest BCUT2D eigenvalue weighted by atomic mass is 10.1. The Labute approximate surface area is 75.2 Å². The molecule has 0 aliphatic heterocycles. The van der Waals surface area contributed by atoms with Crippen molar-refractivity contribution in [2.75, 3.05) is 0 Å². The highest BCUT2D eigenvalue weighted by atomic mass is 16.1. The van der Waals surface area contributed by atoms with E-state index in [0.717, 1.165) is 31.1 Å². The minimum atomic E-state index is 0.853. The van der Waals surface area contributed by atoms with Crippen LogP contribution in [0.2, 0.25) is 0 Å². The summed E-state index contributed by atoms with van der Waals surface area (Å²) in [5, 5.41) is 0. The molecule has 0 atom stereocenters. The number of carbonyl (C=O) groups excluding carboxylic acids is 1. The summed E-state index contributed by atoms with van der Waals surface area (Å²) in [6.07, 6.45) is 7.89. The molecule has 0 amide bonds. The zero-order valence-electron chi connectivity index (χ0n) is 8.26. The molecule has 68 valence electrons. The highest BCUT2D eigenvalue weighted by Crippen LogP contribution is 2.07. The zero-order chi connectivity index (χ0) is 9.40. The Bertz CT molecular complexity index is 187. The van der Waals surface area contributed by atoms with Gasteiger partial charge in [-0.15, -0.1) is 0 Å². The maximum atomic E-state index is 10.1. The lowest BCUT2D eigenvalue weighted by molar-refractivity contribution is -0.104. The van der Waals surface area contributed by atoms with Gasteiger partial charge < -0.3 is 0 Å². The quantitative estimate of drug-likeness (QED) is 0.348. The molecular formula is C11H18O. The number of hydrogen-bond acceptors (Lipinski definition) is 1. The Hall–Kier alpha value is -0.850. The van der Waals surface area contributed by atoms with Gasteiger partial charge in [0.2, 0.25) is 0 Å². The van der Waals surface area contributed by atoms with E-state index in [2.05, 4.69) is 19.9 Å². The highest BCUT2D eigenvalue weighted by molar-refractivity contribution is 5.65. The van der Waals surface area contributed by atoms with E-state index in [0.29, 0.717) is 0 Å². The summed E-state index contributed by atoms with van der Waals surface area (Å²) in [6.45, 7) is 6.28. The molecule has 0 saturated heterocycles. The summed E-state index contributed by atoms with van der Waals surface area (Å²) in [5.74, 6) is 0. The van der Waals surface area contributed by atoms with Crippen LogP contribution in [0.4, 0.5) is 0 Å². The third-order valence-electron chi connectivity index (χ3n) is 1.94. The summed E-state index contributed by atoms with van der Waals surface area (Å²) < 4.78 is 0. The molecule has 0 aromatic rings. The van der Waals surface area contributed by atoms with Gasteiger partial charge in [0.05, 0.1) is 0 Å². The predicted octanol–water partition coefficient (Wildman–Crippen LogP) is 3.27. The smallest absolute Gasteiger partial charge is 0.142 e. The van der Waals surface area contributed by atoms with Crippen molar-refractivity contribution in [3.8, 4) is 0 Å². The molecule has 0 aliphatic rings. The second-order valence-electron chi connectivity index (χ2n) is 3.09. The van der Waals surface area contributed by atoms with Crippen LogP contribution in [0.25, 0.3) is 0 Å². The third-order valence-corrected chi connectivity index (χ3v) is 1.94. The molecule has 0 rings (SSSR count). The van der Waals surface area contributed by atoms with Gasteiger partial charge in [-0.25, -0.2) is 0 Å². The fraction of sp³-hybridized carbons (Fsp3) is 0.545. The molecule has 0 unspecified atom stereocenters. The molecule has 1 heteroatoms. The molecule has 0 fully saturated rings. The van der Waals surface area contributed by atoms with Crippen molar-refractivity contribution in [2.45, 2.75) is 40.0 Å². The Balaban J connectivity index is 3.69. The number of hydrogen-bond donors (Lipinski definition) is 0. The van der Waals surface area contributed by atoms with Crippen LogP contribution in [-0.2, 0) is 4.79 Å². The number of aldehydes is 1. The van der Waals surface area contributed by atoms with Crippen molar-refractivity contribution < 1.29 is 4.79 Å². The first-order valence-corrected chi connectivity index (χ1v) is 4.47. The average Bonchev–Trinajstić information content (AvgIpc) is 2.04. The van der Waals surface area contributed by atoms with E-state index in [1.807, 2.05) is 6.92 Å². The monoisotopic (exact) mass is 166 g/mol. The largest absolute Gasteiger partial charge is 0.299 e. The van der Waals surface area contributed by atoms with Crippen molar-refractivity contribution in [1.29, 1.82) is 0 Å². The van der Waals surface area contributed by atoms with Crippen molar-refractivity contribution in [1.82, 2.24) is 0 Å². The van der Waals surface area contributed by atoms with Gasteiger partial charge in [-0.05, 0) is 39.2 Å². The van der Waals surface area contributed by atoms with Gasteiger partial charge in [-0.3, -0.25) is 4.79 Å². The summed E-state index contributed by atoms with van der Waals surface area (Å²) >= 11 is 0. The Morgan fingerprint density at radius 2 is 1.92 bits per heavy atom. The lowest BCUT2D eigenvalue weighted by Crippen LogP contribution is -1.78. The van der Waals surface area contributed by atoms with Crippen LogP contribution in [0.3, 0.4) is 0 Å². The van der Waals surface area contributed by atoms with Crippen molar-refractivity contribution in [2.24, 2.45) is 0 Å². The molecule has 0 aliphatic carbocycles. The molecule has 0 aromatic carbocycles. The summed E-state index contributed by atoms with van der Waals surface area (Å²) in [7, 11) is 0. The Morgan fingerprint density at radius 1 is 1.25 bits per heavy atom. The number of rotatable bonds is 5. The number of allylic oxidation sites excluding steroid dienone is 4. The van der Waals surface area contributed by atoms with Crippen LogP contribution in [0.5, 0.6) is 0 Å². The van der Waals surface area contributed by atoms with Crippen LogP contribution < -0.4 is 0 Å². The fourth-order valence-corrected chi connectivity index (χ4v) is 0.890. The lowest BCUT2D eigenvalue weighted by Gasteiger charge is -1.97. The van der Waals surface area contributed by atoms with E-state index in [4.69, 9.17) is 0 Å². The minimum absolute atomic E-state index is 0.853. The van der Waals surface area contributed by atoms with E-state index in [1.165, 1.54) is 5.57 Å². The van der Waals surface area contributed by atoms with Crippen LogP contribution >= 0.6 is 0 Å². The van der Waals surface area contributed by atoms with Gasteiger partial charge in [-0.2, -0.15) is 0 Å². The first kappa shape index (κ1) is 11.2. The SMILES string of the molecule is CC/C(C)=C\CCC(C)=CC=O. The normalized spacial score (nSPS) is 13.2. The van der Waals surface area contributed by atoms with E-state index < -0.39 is 0 Å². The molecule has 0 bridgehead atoms. The van der Waals surface area contributed by atoms with Gasteiger partial charge in [0.1, 0.15) is 6.29 Å². The Morgan fingerprint density at radius 3 is 2.42 bits per heavy atom. The van der Waals surface area contributed by atoms with E-state index >= 15 is 0 Å². The van der Waals surface area contributed by atoms with Crippen LogP contribution in [0.1, 0.15) is 40.0 Å². The van der Waals surface area contributed by atoms with Gasteiger partial charge in [0.15, 0.2) is 0 Å². The van der Waals surface area contributed by atoms with E-state index in [-0.39, 0.29) is 0 Å². The summed E-state index contributed by atoms with van der Waals surface area (Å²) in [5.41, 5.74) is 2.58. The first-order chi connectivity index (χ1) is 5.70. The molecule has 1 nitrogen and oxygen atoms in total. The second-order valence-corrected chi connectivity index (χ2v) is 3.09. The fourth-order valence-electron chi connectivity index (χ4n) is 0.890. The van der Waals surface area contributed by atoms with Crippen LogP contribution in [0, 0.1) is 0 Å². The topological polar surface area (TPSA) is 17.1 Å². The second kappa shape index (κ2) is 6.84. The molecule has 0 saturated carbocycles. The maximum Gasteiger partial charge on any atom is 0.142 e. The average molecular weight is 166 g/mol. The van der Waals surface area contributed by atoms with Gasteiger partial charge in [-0.1, -0.05) is 24.1 Å². The highest BCUT2D eigenvalue weighted by Gasteiger charge is 1.88. The molecular weight excluding hydrogens is 148 g/mol. The van der Waals surface area contributed by atoms with E-state index in [9.17, 15) is 4.79 Å². The van der Waals surface area contributed by atoms with Crippen molar-refractivity contribution >= 4 is 6.29 Å². The van der Waals surface area contributed by atoms with Gasteiger partial charge >= 0.3 is 0 Å². The Kier molecular flexibility index (Phi) is 6.35. The molecule has 12 heavy (non-hydrogen) atoms. The van der Waals surface area contributed by atoms with Crippen molar-refractivity contribution in [3.63, 3.8) is 0 Å². The van der Waals surface area contributed by atoms with Crippen LogP contribution in [0.15, 0.2) is 23.3 Å². The minimum Gasteiger partial charge on any atom is -0.299 e. The van der Waals surface area contributed by atoms with Crippen LogP contribution in [-0.4, -0.2) is 6.29 Å². The third kappa shape index (κ3) is 5.90. The molecule has 0 spiro atoms. The maximum absolute atomic E-state index is 10.1. The van der Waals surface area contributed by atoms with Gasteiger partial charge in [0, 0.05) is 0 Å². The van der Waals surface area contributed by atoms with E-state index in [1.54, 1.807) is 6.08 Å². The first-order valence-electron chi connectivity index (χ1n) is 4.47. The standard InChI is InChI=1S/C11H18O/c1-4-10(2)6-5-7-11(3)8-9-12/h6,8-9H,4-5,7H2,1-3H3/b10-6-,11-8?. The predicted molar refractivity (Wildman–Crippen MR) is 53.1 cm³/mol. The molecule has 0 aromatic heterocycles. The summed E-state index contributed by atoms with van der Waals surface area (Å²) in [6, 6.07) is 0. The zero-order valence-corrected chi connectivity index (χ0v) is 8.26. The van der Waals surface area contributed by atoms with Crippen molar-refractivity contribution in [3.05, 3.63) is 23.3 Å². The molecule has 0 radical (unpaired) electrons. The van der Waals surface area contributed by atoms with Gasteiger partial charge in [0.25, 0.3) is 0 Å². The molecule has 0 N–H and O–H groups in total. The molecule has 0 heterocycles.